The van der Waals surface area contributed by atoms with Gasteiger partial charge in [-0.2, -0.15) is 0 Å². The van der Waals surface area contributed by atoms with Crippen LogP contribution in [0.3, 0.4) is 0 Å². The molecule has 0 unspecified atom stereocenters. The fourth-order valence-corrected chi connectivity index (χ4v) is 2.98. The predicted molar refractivity (Wildman–Crippen MR) is 105 cm³/mol. The smallest absolute Gasteiger partial charge is 0.357 e. The third kappa shape index (κ3) is 3.67. The van der Waals surface area contributed by atoms with Crippen LogP contribution in [0.4, 0.5) is 0 Å². The minimum atomic E-state index is -0.380. The highest BCUT2D eigenvalue weighted by molar-refractivity contribution is 5.92. The lowest BCUT2D eigenvalue weighted by Crippen LogP contribution is -2.10. The summed E-state index contributed by atoms with van der Waals surface area (Å²) >= 11 is 0. The molecule has 0 bridgehead atoms. The fourth-order valence-electron chi connectivity index (χ4n) is 2.98. The summed E-state index contributed by atoms with van der Waals surface area (Å²) in [6.07, 6.45) is 1.00. The van der Waals surface area contributed by atoms with Crippen LogP contribution in [-0.4, -0.2) is 17.6 Å². The van der Waals surface area contributed by atoms with Crippen molar-refractivity contribution < 1.29 is 9.53 Å². The molecule has 1 heterocycles. The highest BCUT2D eigenvalue weighted by Gasteiger charge is 2.18. The number of aryl methyl sites for hydroxylation is 2. The lowest BCUT2D eigenvalue weighted by Gasteiger charge is -2.14. The average molecular weight is 345 g/mol. The van der Waals surface area contributed by atoms with Gasteiger partial charge in [-0.25, -0.2) is 9.78 Å². The molecule has 3 heteroatoms. The summed E-state index contributed by atoms with van der Waals surface area (Å²) < 4.78 is 5.17. The normalized spacial score (nSPS) is 10.6. The molecular weight excluding hydrogens is 322 g/mol. The van der Waals surface area contributed by atoms with E-state index in [0.29, 0.717) is 12.3 Å². The van der Waals surface area contributed by atoms with Crippen molar-refractivity contribution in [1.29, 1.82) is 0 Å². The van der Waals surface area contributed by atoms with Crippen molar-refractivity contribution in [3.63, 3.8) is 0 Å². The van der Waals surface area contributed by atoms with Gasteiger partial charge < -0.3 is 4.74 Å². The van der Waals surface area contributed by atoms with Gasteiger partial charge in [-0.1, -0.05) is 61.5 Å². The molecule has 0 aliphatic heterocycles. The minimum Gasteiger partial charge on any atom is -0.461 e. The summed E-state index contributed by atoms with van der Waals surface area (Å²) in [7, 11) is 0. The molecule has 0 amide bonds. The molecule has 3 aromatic rings. The first-order valence-electron chi connectivity index (χ1n) is 8.97. The van der Waals surface area contributed by atoms with E-state index >= 15 is 0 Å². The van der Waals surface area contributed by atoms with Gasteiger partial charge in [-0.05, 0) is 43.0 Å². The summed E-state index contributed by atoms with van der Waals surface area (Å²) in [5.74, 6) is -0.380. The number of esters is 1. The molecule has 132 valence electrons. The summed E-state index contributed by atoms with van der Waals surface area (Å²) in [6, 6.07) is 20.5. The molecule has 0 fully saturated rings. The van der Waals surface area contributed by atoms with Crippen LogP contribution in [0, 0.1) is 6.92 Å². The van der Waals surface area contributed by atoms with Gasteiger partial charge in [0.05, 0.1) is 12.3 Å². The topological polar surface area (TPSA) is 39.2 Å². The van der Waals surface area contributed by atoms with Crippen LogP contribution in [-0.2, 0) is 11.2 Å². The maximum absolute atomic E-state index is 12.3. The zero-order valence-electron chi connectivity index (χ0n) is 15.5. The van der Waals surface area contributed by atoms with E-state index in [1.807, 2.05) is 43.3 Å². The van der Waals surface area contributed by atoms with Gasteiger partial charge in [0.25, 0.3) is 0 Å². The molecule has 0 aliphatic carbocycles. The number of aromatic nitrogens is 1. The Balaban J connectivity index is 2.19. The second-order valence-corrected chi connectivity index (χ2v) is 6.19. The molecule has 26 heavy (non-hydrogen) atoms. The Labute approximate surface area is 154 Å². The molecule has 0 atom stereocenters. The van der Waals surface area contributed by atoms with Crippen LogP contribution in [0.2, 0.25) is 0 Å². The molecule has 2 aromatic carbocycles. The minimum absolute atomic E-state index is 0.334. The number of nitrogens with zero attached hydrogens (tertiary/aromatic N) is 1. The van der Waals surface area contributed by atoms with E-state index in [2.05, 4.69) is 31.2 Å². The maximum Gasteiger partial charge on any atom is 0.357 e. The number of rotatable bonds is 5. The van der Waals surface area contributed by atoms with Gasteiger partial charge in [0.1, 0.15) is 0 Å². The molecule has 0 saturated carbocycles. The van der Waals surface area contributed by atoms with Crippen molar-refractivity contribution in [1.82, 2.24) is 4.98 Å². The molecule has 3 nitrogen and oxygen atoms in total. The van der Waals surface area contributed by atoms with Crippen molar-refractivity contribution in [2.24, 2.45) is 0 Å². The Bertz CT molecular complexity index is 899. The predicted octanol–water partition coefficient (Wildman–Crippen LogP) is 5.46. The van der Waals surface area contributed by atoms with Crippen LogP contribution >= 0.6 is 0 Å². The van der Waals surface area contributed by atoms with E-state index in [9.17, 15) is 4.79 Å². The molecule has 0 saturated heterocycles. The second kappa shape index (κ2) is 7.96. The van der Waals surface area contributed by atoms with E-state index in [-0.39, 0.29) is 5.97 Å². The second-order valence-electron chi connectivity index (χ2n) is 6.19. The zero-order chi connectivity index (χ0) is 18.5. The van der Waals surface area contributed by atoms with Gasteiger partial charge >= 0.3 is 5.97 Å². The molecule has 0 aliphatic rings. The summed E-state index contributed by atoms with van der Waals surface area (Å²) in [4.78, 5) is 17.0. The Morgan fingerprint density at radius 2 is 1.65 bits per heavy atom. The van der Waals surface area contributed by atoms with Crippen LogP contribution in [0.1, 0.15) is 35.5 Å². The van der Waals surface area contributed by atoms with Gasteiger partial charge in [0.15, 0.2) is 5.69 Å². The van der Waals surface area contributed by atoms with Gasteiger partial charge in [-0.15, -0.1) is 0 Å². The van der Waals surface area contributed by atoms with Gasteiger partial charge in [0.2, 0.25) is 0 Å². The lowest BCUT2D eigenvalue weighted by molar-refractivity contribution is 0.0518. The molecule has 3 rings (SSSR count). The first-order valence-corrected chi connectivity index (χ1v) is 8.97. The molecule has 0 radical (unpaired) electrons. The Kier molecular flexibility index (Phi) is 5.47. The van der Waals surface area contributed by atoms with Gasteiger partial charge in [-0.3, -0.25) is 0 Å². The molecule has 0 N–H and O–H groups in total. The van der Waals surface area contributed by atoms with E-state index in [1.165, 1.54) is 5.56 Å². The maximum atomic E-state index is 12.3. The Morgan fingerprint density at radius 3 is 2.27 bits per heavy atom. The zero-order valence-corrected chi connectivity index (χ0v) is 15.5. The van der Waals surface area contributed by atoms with Crippen LogP contribution in [0.25, 0.3) is 22.4 Å². The SMILES string of the molecule is CCOC(=O)c1nc(-c2ccccc2)c(-c2ccc(CC)cc2)cc1C. The van der Waals surface area contributed by atoms with Crippen LogP contribution in [0.15, 0.2) is 60.7 Å². The van der Waals surface area contributed by atoms with Crippen molar-refractivity contribution in [3.8, 4) is 22.4 Å². The van der Waals surface area contributed by atoms with Gasteiger partial charge in [0, 0.05) is 11.1 Å². The average Bonchev–Trinajstić information content (AvgIpc) is 2.68. The quantitative estimate of drug-likeness (QED) is 0.576. The van der Waals surface area contributed by atoms with E-state index in [0.717, 1.165) is 34.4 Å². The van der Waals surface area contributed by atoms with E-state index < -0.39 is 0 Å². The summed E-state index contributed by atoms with van der Waals surface area (Å²) in [5.41, 5.74) is 6.37. The first kappa shape index (κ1) is 17.9. The molecule has 1 aromatic heterocycles. The number of ether oxygens (including phenoxy) is 1. The van der Waals surface area contributed by atoms with Crippen molar-refractivity contribution >= 4 is 5.97 Å². The van der Waals surface area contributed by atoms with E-state index in [4.69, 9.17) is 9.72 Å². The number of benzene rings is 2. The number of hydrogen-bond acceptors (Lipinski definition) is 3. The standard InChI is InChI=1S/C23H23NO2/c1-4-17-11-13-18(14-12-17)20-15-16(3)21(23(25)26-5-2)24-22(20)19-9-7-6-8-10-19/h6-15H,4-5H2,1-3H3. The molecule has 0 spiro atoms. The highest BCUT2D eigenvalue weighted by atomic mass is 16.5. The lowest BCUT2D eigenvalue weighted by atomic mass is 9.96. The highest BCUT2D eigenvalue weighted by Crippen LogP contribution is 2.32. The Hall–Kier alpha value is -2.94. The monoisotopic (exact) mass is 345 g/mol. The first-order chi connectivity index (χ1) is 12.6. The Morgan fingerprint density at radius 1 is 0.962 bits per heavy atom. The third-order valence-corrected chi connectivity index (χ3v) is 4.40. The largest absolute Gasteiger partial charge is 0.461 e. The van der Waals surface area contributed by atoms with Crippen molar-refractivity contribution in [2.45, 2.75) is 27.2 Å². The van der Waals surface area contributed by atoms with Crippen molar-refractivity contribution in [2.75, 3.05) is 6.61 Å². The van der Waals surface area contributed by atoms with Crippen LogP contribution in [0.5, 0.6) is 0 Å². The summed E-state index contributed by atoms with van der Waals surface area (Å²) in [6.45, 7) is 6.18. The number of hydrogen-bond donors (Lipinski definition) is 0. The number of carbonyl (C=O) groups is 1. The van der Waals surface area contributed by atoms with Crippen molar-refractivity contribution in [3.05, 3.63) is 77.5 Å². The van der Waals surface area contributed by atoms with Crippen LogP contribution < -0.4 is 0 Å². The fraction of sp³-hybridized carbons (Fsp3) is 0.217. The number of pyridine rings is 1. The number of carbonyl (C=O) groups excluding carboxylic acids is 1. The van der Waals surface area contributed by atoms with E-state index in [1.54, 1.807) is 6.92 Å². The summed E-state index contributed by atoms with van der Waals surface area (Å²) in [5, 5.41) is 0. The molecular formula is C23H23NO2. The third-order valence-electron chi connectivity index (χ3n) is 4.40.